The zero-order valence-electron chi connectivity index (χ0n) is 17.5. The highest BCUT2D eigenvalue weighted by Crippen LogP contribution is 2.28. The van der Waals surface area contributed by atoms with E-state index < -0.39 is 0 Å². The molecular formula is C22H32N4O2. The number of hydrogen-bond donors (Lipinski definition) is 1. The average molecular weight is 385 g/mol. The lowest BCUT2D eigenvalue weighted by Gasteiger charge is -2.36. The second-order valence-electron chi connectivity index (χ2n) is 7.28. The molecule has 28 heavy (non-hydrogen) atoms. The number of piperidine rings is 1. The minimum Gasteiger partial charge on any atom is -0.493 e. The smallest absolute Gasteiger partial charge is 0.160 e. The molecule has 0 spiro atoms. The molecule has 3 rings (SSSR count). The Morgan fingerprint density at radius 2 is 1.93 bits per heavy atom. The van der Waals surface area contributed by atoms with Gasteiger partial charge in [-0.3, -0.25) is 0 Å². The number of benzene rings is 1. The van der Waals surface area contributed by atoms with Gasteiger partial charge in [0.25, 0.3) is 0 Å². The Bertz CT molecular complexity index is 781. The van der Waals surface area contributed by atoms with E-state index in [0.29, 0.717) is 6.04 Å². The summed E-state index contributed by atoms with van der Waals surface area (Å²) in [5.74, 6) is 4.26. The number of hydrogen-bond acceptors (Lipinski definition) is 6. The number of aromatic nitrogens is 2. The third-order valence-electron chi connectivity index (χ3n) is 5.38. The van der Waals surface area contributed by atoms with Gasteiger partial charge in [-0.05, 0) is 56.7 Å². The van der Waals surface area contributed by atoms with Crippen molar-refractivity contribution in [3.8, 4) is 11.5 Å². The molecule has 0 amide bonds. The highest BCUT2D eigenvalue weighted by molar-refractivity contribution is 5.50. The van der Waals surface area contributed by atoms with E-state index in [1.807, 2.05) is 19.1 Å². The van der Waals surface area contributed by atoms with Crippen LogP contribution in [-0.4, -0.2) is 43.3 Å². The first-order valence-electron chi connectivity index (χ1n) is 10.2. The lowest BCUT2D eigenvalue weighted by atomic mass is 10.00. The van der Waals surface area contributed by atoms with Crippen LogP contribution in [0.4, 0.5) is 11.6 Å². The fraction of sp³-hybridized carbons (Fsp3) is 0.545. The van der Waals surface area contributed by atoms with E-state index >= 15 is 0 Å². The topological polar surface area (TPSA) is 59.5 Å². The lowest BCUT2D eigenvalue weighted by molar-refractivity contribution is 0.354. The lowest BCUT2D eigenvalue weighted by Crippen LogP contribution is -2.39. The fourth-order valence-electron chi connectivity index (χ4n) is 3.89. The van der Waals surface area contributed by atoms with Crippen molar-refractivity contribution in [2.75, 3.05) is 37.5 Å². The molecule has 1 aromatic carbocycles. The molecule has 2 aromatic rings. The zero-order chi connectivity index (χ0) is 19.9. The summed E-state index contributed by atoms with van der Waals surface area (Å²) >= 11 is 0. The second-order valence-corrected chi connectivity index (χ2v) is 7.28. The van der Waals surface area contributed by atoms with E-state index in [-0.39, 0.29) is 0 Å². The van der Waals surface area contributed by atoms with Gasteiger partial charge in [0.1, 0.15) is 17.5 Å². The first-order chi connectivity index (χ1) is 13.6. The van der Waals surface area contributed by atoms with Gasteiger partial charge >= 0.3 is 0 Å². The maximum Gasteiger partial charge on any atom is 0.160 e. The summed E-state index contributed by atoms with van der Waals surface area (Å²) in [6, 6.07) is 8.72. The Morgan fingerprint density at radius 1 is 1.11 bits per heavy atom. The predicted octanol–water partition coefficient (Wildman–Crippen LogP) is 4.23. The SMILES string of the molecule is CCC1CCCCN1c1cc(NCCc2ccc(OC)c(OC)c2)nc(C)n1. The van der Waals surface area contributed by atoms with E-state index in [4.69, 9.17) is 14.5 Å². The first kappa shape index (κ1) is 20.2. The van der Waals surface area contributed by atoms with Crippen molar-refractivity contribution in [1.29, 1.82) is 0 Å². The number of methoxy groups -OCH3 is 2. The summed E-state index contributed by atoms with van der Waals surface area (Å²) in [6.07, 6.45) is 5.84. The number of nitrogens with one attached hydrogen (secondary N) is 1. The molecule has 2 heterocycles. The molecule has 1 fully saturated rings. The monoisotopic (exact) mass is 384 g/mol. The predicted molar refractivity (Wildman–Crippen MR) is 114 cm³/mol. The quantitative estimate of drug-likeness (QED) is 0.735. The molecule has 0 bridgehead atoms. The van der Waals surface area contributed by atoms with E-state index in [1.165, 1.54) is 24.8 Å². The van der Waals surface area contributed by atoms with Crippen LogP contribution in [-0.2, 0) is 6.42 Å². The maximum absolute atomic E-state index is 5.39. The molecule has 1 aliphatic heterocycles. The van der Waals surface area contributed by atoms with E-state index in [2.05, 4.69) is 34.3 Å². The molecule has 1 aliphatic rings. The number of anilines is 2. The second kappa shape index (κ2) is 9.62. The Kier molecular flexibility index (Phi) is 6.95. The molecule has 1 atom stereocenters. The normalized spacial score (nSPS) is 16.7. The molecule has 0 aliphatic carbocycles. The molecule has 152 valence electrons. The van der Waals surface area contributed by atoms with Crippen molar-refractivity contribution in [3.05, 3.63) is 35.7 Å². The van der Waals surface area contributed by atoms with Crippen molar-refractivity contribution in [2.24, 2.45) is 0 Å². The van der Waals surface area contributed by atoms with Crippen LogP contribution in [0.2, 0.25) is 0 Å². The van der Waals surface area contributed by atoms with Gasteiger partial charge < -0.3 is 19.7 Å². The Labute approximate surface area is 168 Å². The van der Waals surface area contributed by atoms with Gasteiger partial charge in [0.2, 0.25) is 0 Å². The molecule has 6 heteroatoms. The van der Waals surface area contributed by atoms with Gasteiger partial charge in [-0.1, -0.05) is 13.0 Å². The molecule has 1 aromatic heterocycles. The molecule has 1 unspecified atom stereocenters. The van der Waals surface area contributed by atoms with Gasteiger partial charge in [-0.25, -0.2) is 9.97 Å². The van der Waals surface area contributed by atoms with Gasteiger partial charge in [-0.2, -0.15) is 0 Å². The van der Waals surface area contributed by atoms with Crippen LogP contribution >= 0.6 is 0 Å². The van der Waals surface area contributed by atoms with Gasteiger partial charge in [0.15, 0.2) is 11.5 Å². The maximum atomic E-state index is 5.39. The number of nitrogens with zero attached hydrogens (tertiary/aromatic N) is 3. The van der Waals surface area contributed by atoms with Crippen LogP contribution in [0.5, 0.6) is 11.5 Å². The Hall–Kier alpha value is -2.50. The Balaban J connectivity index is 1.65. The summed E-state index contributed by atoms with van der Waals surface area (Å²) in [7, 11) is 3.31. The largest absolute Gasteiger partial charge is 0.493 e. The molecule has 1 N–H and O–H groups in total. The van der Waals surface area contributed by atoms with Crippen LogP contribution in [0, 0.1) is 6.92 Å². The van der Waals surface area contributed by atoms with Crippen LogP contribution in [0.1, 0.15) is 44.0 Å². The van der Waals surface area contributed by atoms with Gasteiger partial charge in [0, 0.05) is 25.2 Å². The Morgan fingerprint density at radius 3 is 2.68 bits per heavy atom. The summed E-state index contributed by atoms with van der Waals surface area (Å²) in [5.41, 5.74) is 1.19. The summed E-state index contributed by atoms with van der Waals surface area (Å²) in [6.45, 7) is 6.11. The average Bonchev–Trinajstić information content (AvgIpc) is 2.73. The van der Waals surface area contributed by atoms with Crippen molar-refractivity contribution >= 4 is 11.6 Å². The number of ether oxygens (including phenoxy) is 2. The molecule has 0 radical (unpaired) electrons. The molecule has 6 nitrogen and oxygen atoms in total. The van der Waals surface area contributed by atoms with Gasteiger partial charge in [-0.15, -0.1) is 0 Å². The standard InChI is InChI=1S/C22H32N4O2/c1-5-18-8-6-7-13-26(18)22-15-21(24-16(2)25-22)23-12-11-17-9-10-19(27-3)20(14-17)28-4/h9-10,14-15,18H,5-8,11-13H2,1-4H3,(H,23,24,25). The van der Waals surface area contributed by atoms with Crippen LogP contribution < -0.4 is 19.7 Å². The van der Waals surface area contributed by atoms with Crippen LogP contribution in [0.3, 0.4) is 0 Å². The molecule has 0 saturated carbocycles. The van der Waals surface area contributed by atoms with Gasteiger partial charge in [0.05, 0.1) is 14.2 Å². The minimum absolute atomic E-state index is 0.586. The van der Waals surface area contributed by atoms with E-state index in [0.717, 1.165) is 54.9 Å². The van der Waals surface area contributed by atoms with Crippen LogP contribution in [0.15, 0.2) is 24.3 Å². The summed E-state index contributed by atoms with van der Waals surface area (Å²) in [5, 5.41) is 3.46. The molecular weight excluding hydrogens is 352 g/mol. The van der Waals surface area contributed by atoms with E-state index in [1.54, 1.807) is 14.2 Å². The third kappa shape index (κ3) is 4.86. The first-order valence-corrected chi connectivity index (χ1v) is 10.2. The summed E-state index contributed by atoms with van der Waals surface area (Å²) < 4.78 is 10.7. The van der Waals surface area contributed by atoms with E-state index in [9.17, 15) is 0 Å². The highest BCUT2D eigenvalue weighted by Gasteiger charge is 2.22. The van der Waals surface area contributed by atoms with Crippen molar-refractivity contribution in [2.45, 2.75) is 52.0 Å². The number of rotatable bonds is 8. The van der Waals surface area contributed by atoms with Crippen LogP contribution in [0.25, 0.3) is 0 Å². The molecule has 1 saturated heterocycles. The van der Waals surface area contributed by atoms with Crippen molar-refractivity contribution in [1.82, 2.24) is 9.97 Å². The zero-order valence-corrected chi connectivity index (χ0v) is 17.5. The van der Waals surface area contributed by atoms with Crippen molar-refractivity contribution < 1.29 is 9.47 Å². The highest BCUT2D eigenvalue weighted by atomic mass is 16.5. The number of aryl methyl sites for hydroxylation is 1. The minimum atomic E-state index is 0.586. The summed E-state index contributed by atoms with van der Waals surface area (Å²) in [4.78, 5) is 11.7. The third-order valence-corrected chi connectivity index (χ3v) is 5.38. The van der Waals surface area contributed by atoms with Crippen molar-refractivity contribution in [3.63, 3.8) is 0 Å². The fourth-order valence-corrected chi connectivity index (χ4v) is 3.89.